The summed E-state index contributed by atoms with van der Waals surface area (Å²) in [4.78, 5) is 5.84. The smallest absolute Gasteiger partial charge is 0.161 e. The lowest BCUT2D eigenvalue weighted by molar-refractivity contribution is 0.288. The molecule has 114 valence electrons. The van der Waals surface area contributed by atoms with E-state index in [-0.39, 0.29) is 0 Å². The zero-order valence-electron chi connectivity index (χ0n) is 12.8. The molecule has 0 spiro atoms. The molecule has 0 radical (unpaired) electrons. The molecule has 2 N–H and O–H groups in total. The zero-order valence-corrected chi connectivity index (χ0v) is 13.6. The molecule has 0 fully saturated rings. The fourth-order valence-corrected chi connectivity index (χ4v) is 3.15. The van der Waals surface area contributed by atoms with Gasteiger partial charge in [0.2, 0.25) is 0 Å². The number of nitrogens with two attached hydrogens (primary N) is 1. The van der Waals surface area contributed by atoms with E-state index < -0.39 is 0 Å². The highest BCUT2D eigenvalue weighted by Crippen LogP contribution is 2.35. The Kier molecular flexibility index (Phi) is 5.59. The first-order chi connectivity index (χ1) is 10.2. The van der Waals surface area contributed by atoms with Crippen LogP contribution in [0.5, 0.6) is 11.5 Å². The molecule has 1 aromatic carbocycles. The van der Waals surface area contributed by atoms with Crippen LogP contribution >= 0.6 is 11.3 Å². The van der Waals surface area contributed by atoms with Crippen LogP contribution in [0.15, 0.2) is 18.2 Å². The molecule has 2 rings (SSSR count). The summed E-state index contributed by atoms with van der Waals surface area (Å²) in [6, 6.07) is 5.96. The minimum absolute atomic E-state index is 0.538. The molecule has 2 aromatic rings. The maximum Gasteiger partial charge on any atom is 0.161 e. The predicted octanol–water partition coefficient (Wildman–Crippen LogP) is 3.63. The van der Waals surface area contributed by atoms with Gasteiger partial charge in [-0.3, -0.25) is 0 Å². The first kappa shape index (κ1) is 15.8. The van der Waals surface area contributed by atoms with E-state index in [1.54, 1.807) is 11.3 Å². The van der Waals surface area contributed by atoms with E-state index in [4.69, 9.17) is 15.2 Å². The summed E-state index contributed by atoms with van der Waals surface area (Å²) in [5.74, 6) is 1.54. The van der Waals surface area contributed by atoms with E-state index in [0.29, 0.717) is 19.8 Å². The molecule has 1 aromatic heterocycles. The summed E-state index contributed by atoms with van der Waals surface area (Å²) in [5, 5.41) is 0.983. The minimum atomic E-state index is 0.538. The fourth-order valence-electron chi connectivity index (χ4n) is 2.13. The summed E-state index contributed by atoms with van der Waals surface area (Å²) >= 11 is 1.65. The quantitative estimate of drug-likeness (QED) is 0.848. The number of thiazole rings is 1. The Morgan fingerprint density at radius 1 is 1.10 bits per heavy atom. The highest BCUT2D eigenvalue weighted by atomic mass is 32.1. The molecule has 21 heavy (non-hydrogen) atoms. The summed E-state index contributed by atoms with van der Waals surface area (Å²) in [5.41, 5.74) is 7.91. The summed E-state index contributed by atoms with van der Waals surface area (Å²) in [6.45, 7) is 7.79. The first-order valence-electron chi connectivity index (χ1n) is 7.32. The van der Waals surface area contributed by atoms with Gasteiger partial charge in [-0.1, -0.05) is 6.92 Å². The second-order valence-electron chi connectivity index (χ2n) is 4.47. The largest absolute Gasteiger partial charge is 0.490 e. The Bertz CT molecular complexity index is 574. The zero-order chi connectivity index (χ0) is 15.2. The van der Waals surface area contributed by atoms with Crippen molar-refractivity contribution in [1.82, 2.24) is 4.98 Å². The van der Waals surface area contributed by atoms with E-state index >= 15 is 0 Å². The predicted molar refractivity (Wildman–Crippen MR) is 87.2 cm³/mol. The number of hydrogen-bond donors (Lipinski definition) is 1. The maximum absolute atomic E-state index is 5.78. The molecule has 0 saturated carbocycles. The molecule has 0 amide bonds. The van der Waals surface area contributed by atoms with Gasteiger partial charge in [0.1, 0.15) is 5.01 Å². The van der Waals surface area contributed by atoms with Crippen LogP contribution in [0.1, 0.15) is 31.3 Å². The number of aryl methyl sites for hydroxylation is 1. The molecule has 0 saturated heterocycles. The Labute approximate surface area is 129 Å². The van der Waals surface area contributed by atoms with Crippen molar-refractivity contribution in [3.8, 4) is 22.1 Å². The molecule has 1 heterocycles. The van der Waals surface area contributed by atoms with Crippen molar-refractivity contribution in [2.24, 2.45) is 5.73 Å². The van der Waals surface area contributed by atoms with Gasteiger partial charge in [-0.15, -0.1) is 11.3 Å². The molecule has 0 aliphatic carbocycles. The van der Waals surface area contributed by atoms with Crippen LogP contribution in [0, 0.1) is 0 Å². The lowest BCUT2D eigenvalue weighted by Gasteiger charge is -2.11. The van der Waals surface area contributed by atoms with E-state index in [0.717, 1.165) is 39.1 Å². The number of rotatable bonds is 7. The van der Waals surface area contributed by atoms with Gasteiger partial charge in [-0.25, -0.2) is 4.98 Å². The standard InChI is InChI=1S/C16H22N2O2S/c1-4-12-15(10-17)21-16(18-12)11-7-8-13(19-5-2)14(9-11)20-6-3/h7-9H,4-6,10,17H2,1-3H3. The van der Waals surface area contributed by atoms with E-state index in [1.165, 1.54) is 0 Å². The van der Waals surface area contributed by atoms with E-state index in [2.05, 4.69) is 11.9 Å². The summed E-state index contributed by atoms with van der Waals surface area (Å²) in [7, 11) is 0. The van der Waals surface area contributed by atoms with Crippen LogP contribution in [0.4, 0.5) is 0 Å². The topological polar surface area (TPSA) is 57.4 Å². The Morgan fingerprint density at radius 3 is 2.38 bits per heavy atom. The molecule has 0 unspecified atom stereocenters. The lowest BCUT2D eigenvalue weighted by Crippen LogP contribution is -1.98. The number of benzene rings is 1. The van der Waals surface area contributed by atoms with Gasteiger partial charge in [0, 0.05) is 17.0 Å². The molecule has 0 bridgehead atoms. The van der Waals surface area contributed by atoms with Gasteiger partial charge in [-0.05, 0) is 38.5 Å². The molecular formula is C16H22N2O2S. The Morgan fingerprint density at radius 2 is 1.81 bits per heavy atom. The normalized spacial score (nSPS) is 10.7. The van der Waals surface area contributed by atoms with Gasteiger partial charge in [0.25, 0.3) is 0 Å². The first-order valence-corrected chi connectivity index (χ1v) is 8.13. The SMILES string of the molecule is CCOc1ccc(-c2nc(CC)c(CN)s2)cc1OCC. The van der Waals surface area contributed by atoms with Crippen molar-refractivity contribution in [1.29, 1.82) is 0 Å². The van der Waals surface area contributed by atoms with E-state index in [9.17, 15) is 0 Å². The Balaban J connectivity index is 2.39. The van der Waals surface area contributed by atoms with Crippen LogP contribution < -0.4 is 15.2 Å². The number of aromatic nitrogens is 1. The van der Waals surface area contributed by atoms with Crippen LogP contribution in [-0.2, 0) is 13.0 Å². The average molecular weight is 306 g/mol. The highest BCUT2D eigenvalue weighted by molar-refractivity contribution is 7.15. The molecule has 4 nitrogen and oxygen atoms in total. The molecule has 0 aliphatic rings. The average Bonchev–Trinajstić information content (AvgIpc) is 2.93. The van der Waals surface area contributed by atoms with Crippen molar-refractivity contribution in [3.63, 3.8) is 0 Å². The maximum atomic E-state index is 5.78. The lowest BCUT2D eigenvalue weighted by atomic mass is 10.2. The summed E-state index contributed by atoms with van der Waals surface area (Å²) in [6.07, 6.45) is 0.901. The van der Waals surface area contributed by atoms with Crippen molar-refractivity contribution < 1.29 is 9.47 Å². The van der Waals surface area contributed by atoms with Crippen LogP contribution in [0.3, 0.4) is 0 Å². The van der Waals surface area contributed by atoms with Gasteiger partial charge >= 0.3 is 0 Å². The van der Waals surface area contributed by atoms with Crippen molar-refractivity contribution in [2.45, 2.75) is 33.7 Å². The molecule has 0 atom stereocenters. The highest BCUT2D eigenvalue weighted by Gasteiger charge is 2.13. The monoisotopic (exact) mass is 306 g/mol. The minimum Gasteiger partial charge on any atom is -0.490 e. The van der Waals surface area contributed by atoms with Crippen LogP contribution in [0.2, 0.25) is 0 Å². The number of hydrogen-bond acceptors (Lipinski definition) is 5. The third kappa shape index (κ3) is 3.54. The van der Waals surface area contributed by atoms with Gasteiger partial charge in [0.15, 0.2) is 11.5 Å². The second kappa shape index (κ2) is 7.43. The third-order valence-corrected chi connectivity index (χ3v) is 4.26. The van der Waals surface area contributed by atoms with Crippen LogP contribution in [-0.4, -0.2) is 18.2 Å². The molecule has 5 heteroatoms. The molecular weight excluding hydrogens is 284 g/mol. The fraction of sp³-hybridized carbons (Fsp3) is 0.438. The van der Waals surface area contributed by atoms with Crippen molar-refractivity contribution in [3.05, 3.63) is 28.8 Å². The van der Waals surface area contributed by atoms with Gasteiger partial charge < -0.3 is 15.2 Å². The second-order valence-corrected chi connectivity index (χ2v) is 5.56. The van der Waals surface area contributed by atoms with E-state index in [1.807, 2.05) is 32.0 Å². The number of ether oxygens (including phenoxy) is 2. The third-order valence-electron chi connectivity index (χ3n) is 3.09. The van der Waals surface area contributed by atoms with Gasteiger partial charge in [0.05, 0.1) is 18.9 Å². The van der Waals surface area contributed by atoms with Crippen molar-refractivity contribution >= 4 is 11.3 Å². The summed E-state index contributed by atoms with van der Waals surface area (Å²) < 4.78 is 11.3. The number of nitrogens with zero attached hydrogens (tertiary/aromatic N) is 1. The Hall–Kier alpha value is -1.59. The molecule has 0 aliphatic heterocycles. The van der Waals surface area contributed by atoms with Crippen LogP contribution in [0.25, 0.3) is 10.6 Å². The van der Waals surface area contributed by atoms with Crippen molar-refractivity contribution in [2.75, 3.05) is 13.2 Å². The van der Waals surface area contributed by atoms with Gasteiger partial charge in [-0.2, -0.15) is 0 Å².